The van der Waals surface area contributed by atoms with E-state index in [1.54, 1.807) is 6.07 Å². The van der Waals surface area contributed by atoms with Crippen LogP contribution in [-0.4, -0.2) is 15.1 Å². The second kappa shape index (κ2) is 6.63. The fraction of sp³-hybridized carbons (Fsp3) is 0.0667. The van der Waals surface area contributed by atoms with E-state index in [4.69, 9.17) is 16.0 Å². The summed E-state index contributed by atoms with van der Waals surface area (Å²) in [6.45, 7) is 0.174. The highest BCUT2D eigenvalue weighted by Crippen LogP contribution is 2.27. The van der Waals surface area contributed by atoms with Crippen molar-refractivity contribution < 1.29 is 13.7 Å². The van der Waals surface area contributed by atoms with E-state index in [2.05, 4.69) is 15.5 Å². The first-order valence-corrected chi connectivity index (χ1v) is 7.17. The first-order chi connectivity index (χ1) is 11.5. The summed E-state index contributed by atoms with van der Waals surface area (Å²) >= 11 is 5.75. The summed E-state index contributed by atoms with van der Waals surface area (Å²) in [5.74, 6) is 0.185. The van der Waals surface area contributed by atoms with Crippen molar-refractivity contribution in [3.05, 3.63) is 69.3 Å². The summed E-state index contributed by atoms with van der Waals surface area (Å²) in [4.78, 5) is 10.3. The second-order valence-corrected chi connectivity index (χ2v) is 5.19. The average molecular weight is 349 g/mol. The minimum absolute atomic E-state index is 0.0573. The van der Waals surface area contributed by atoms with Crippen LogP contribution in [0.4, 0.5) is 15.8 Å². The summed E-state index contributed by atoms with van der Waals surface area (Å²) in [6, 6.07) is 10.0. The van der Waals surface area contributed by atoms with Crippen LogP contribution in [0, 0.1) is 15.9 Å². The number of aromatic nitrogens is 2. The molecule has 1 aromatic heterocycles. The molecule has 122 valence electrons. The van der Waals surface area contributed by atoms with Gasteiger partial charge in [0.25, 0.3) is 5.69 Å². The van der Waals surface area contributed by atoms with Crippen LogP contribution in [0.3, 0.4) is 0 Å². The Morgan fingerprint density at radius 1 is 1.21 bits per heavy atom. The Morgan fingerprint density at radius 2 is 1.96 bits per heavy atom. The minimum atomic E-state index is -0.563. The van der Waals surface area contributed by atoms with Gasteiger partial charge in [-0.25, -0.2) is 4.39 Å². The molecule has 7 nitrogen and oxygen atoms in total. The molecule has 0 aliphatic carbocycles. The summed E-state index contributed by atoms with van der Waals surface area (Å²) in [6.07, 6.45) is 0. The number of nitrogens with one attached hydrogen (secondary N) is 1. The third-order valence-corrected chi connectivity index (χ3v) is 3.46. The van der Waals surface area contributed by atoms with Crippen molar-refractivity contribution in [1.29, 1.82) is 0 Å². The van der Waals surface area contributed by atoms with Gasteiger partial charge in [-0.05, 0) is 36.4 Å². The predicted molar refractivity (Wildman–Crippen MR) is 85.1 cm³/mol. The molecule has 2 aromatic carbocycles. The van der Waals surface area contributed by atoms with Crippen molar-refractivity contribution >= 4 is 23.0 Å². The molecule has 0 bridgehead atoms. The smallest absolute Gasteiger partial charge is 0.289 e. The molecule has 0 unspecified atom stereocenters. The maximum Gasteiger partial charge on any atom is 0.289 e. The molecule has 1 heterocycles. The molecule has 9 heteroatoms. The van der Waals surface area contributed by atoms with E-state index in [9.17, 15) is 14.5 Å². The minimum Gasteiger partial charge on any atom is -0.419 e. The number of benzene rings is 2. The normalized spacial score (nSPS) is 10.6. The molecule has 3 aromatic rings. The van der Waals surface area contributed by atoms with Crippen LogP contribution in [0.25, 0.3) is 11.5 Å². The summed E-state index contributed by atoms with van der Waals surface area (Å²) < 4.78 is 18.4. The van der Waals surface area contributed by atoms with Gasteiger partial charge in [-0.3, -0.25) is 10.1 Å². The molecule has 3 rings (SSSR count). The molecule has 0 spiro atoms. The third kappa shape index (κ3) is 3.49. The van der Waals surface area contributed by atoms with Gasteiger partial charge in [-0.2, -0.15) is 0 Å². The number of hydrogen-bond acceptors (Lipinski definition) is 6. The van der Waals surface area contributed by atoms with Crippen LogP contribution in [0.1, 0.15) is 5.89 Å². The van der Waals surface area contributed by atoms with E-state index in [0.717, 1.165) is 0 Å². The van der Waals surface area contributed by atoms with Crippen LogP contribution in [0.5, 0.6) is 0 Å². The molecule has 0 saturated heterocycles. The highest BCUT2D eigenvalue weighted by Gasteiger charge is 2.13. The lowest BCUT2D eigenvalue weighted by Gasteiger charge is -2.04. The van der Waals surface area contributed by atoms with E-state index in [0.29, 0.717) is 11.3 Å². The number of halogens is 2. The fourth-order valence-corrected chi connectivity index (χ4v) is 2.16. The fourth-order valence-electron chi connectivity index (χ4n) is 1.97. The average Bonchev–Trinajstić information content (AvgIpc) is 3.03. The highest BCUT2D eigenvalue weighted by atomic mass is 35.5. The van der Waals surface area contributed by atoms with Crippen LogP contribution in [0.2, 0.25) is 5.02 Å². The Balaban J connectivity index is 1.71. The Hall–Kier alpha value is -3.00. The van der Waals surface area contributed by atoms with E-state index >= 15 is 0 Å². The number of hydrogen-bond donors (Lipinski definition) is 1. The summed E-state index contributed by atoms with van der Waals surface area (Å²) in [5, 5.41) is 21.6. The lowest BCUT2D eigenvalue weighted by molar-refractivity contribution is -0.384. The number of nitro groups is 1. The zero-order valence-electron chi connectivity index (χ0n) is 12.1. The molecule has 0 aliphatic heterocycles. The molecule has 0 aliphatic rings. The van der Waals surface area contributed by atoms with Crippen molar-refractivity contribution in [2.75, 3.05) is 5.32 Å². The quantitative estimate of drug-likeness (QED) is 0.552. The van der Waals surface area contributed by atoms with Crippen molar-refractivity contribution in [3.8, 4) is 11.5 Å². The SMILES string of the molecule is O=[N+]([O-])c1cc(NCc2nnc(-c3ccc(F)cc3)o2)ccc1Cl. The molecule has 0 saturated carbocycles. The third-order valence-electron chi connectivity index (χ3n) is 3.14. The summed E-state index contributed by atoms with van der Waals surface area (Å²) in [5.41, 5.74) is 0.893. The van der Waals surface area contributed by atoms with E-state index < -0.39 is 4.92 Å². The topological polar surface area (TPSA) is 94.1 Å². The van der Waals surface area contributed by atoms with Crippen LogP contribution < -0.4 is 5.32 Å². The van der Waals surface area contributed by atoms with Crippen molar-refractivity contribution in [2.24, 2.45) is 0 Å². The van der Waals surface area contributed by atoms with Crippen molar-refractivity contribution in [2.45, 2.75) is 6.54 Å². The zero-order valence-corrected chi connectivity index (χ0v) is 12.8. The molecule has 24 heavy (non-hydrogen) atoms. The summed E-state index contributed by atoms with van der Waals surface area (Å²) in [7, 11) is 0. The van der Waals surface area contributed by atoms with E-state index in [-0.39, 0.29) is 34.9 Å². The predicted octanol–water partition coefficient (Wildman–Crippen LogP) is 4.05. The molecule has 0 atom stereocenters. The number of nitro benzene ring substituents is 1. The molecule has 0 amide bonds. The van der Waals surface area contributed by atoms with Gasteiger partial charge in [0.05, 0.1) is 11.5 Å². The van der Waals surface area contributed by atoms with Gasteiger partial charge in [0, 0.05) is 17.3 Å². The van der Waals surface area contributed by atoms with Crippen LogP contribution >= 0.6 is 11.6 Å². The zero-order chi connectivity index (χ0) is 17.1. The van der Waals surface area contributed by atoms with Crippen molar-refractivity contribution in [1.82, 2.24) is 10.2 Å². The number of rotatable bonds is 5. The van der Waals surface area contributed by atoms with E-state index in [1.807, 2.05) is 0 Å². The largest absolute Gasteiger partial charge is 0.419 e. The van der Waals surface area contributed by atoms with Gasteiger partial charge in [0.1, 0.15) is 10.8 Å². The first kappa shape index (κ1) is 15.9. The molecule has 0 fully saturated rings. The van der Waals surface area contributed by atoms with Gasteiger partial charge >= 0.3 is 0 Å². The van der Waals surface area contributed by atoms with Gasteiger partial charge in [0.15, 0.2) is 0 Å². The molecular weight excluding hydrogens is 339 g/mol. The monoisotopic (exact) mass is 348 g/mol. The molecule has 0 radical (unpaired) electrons. The maximum atomic E-state index is 12.9. The van der Waals surface area contributed by atoms with Gasteiger partial charge < -0.3 is 9.73 Å². The Labute approximate surface area is 140 Å². The van der Waals surface area contributed by atoms with Gasteiger partial charge in [0.2, 0.25) is 11.8 Å². The Morgan fingerprint density at radius 3 is 2.67 bits per heavy atom. The number of anilines is 1. The van der Waals surface area contributed by atoms with Crippen LogP contribution in [-0.2, 0) is 6.54 Å². The van der Waals surface area contributed by atoms with Gasteiger partial charge in [-0.15, -0.1) is 10.2 Å². The number of nitrogens with zero attached hydrogens (tertiary/aromatic N) is 3. The molecule has 1 N–H and O–H groups in total. The second-order valence-electron chi connectivity index (χ2n) is 4.78. The standard InChI is InChI=1S/C15H10ClFN4O3/c16-12-6-5-11(7-13(12)21(22)23)18-8-14-19-20-15(24-14)9-1-3-10(17)4-2-9/h1-7,18H,8H2. The van der Waals surface area contributed by atoms with Crippen molar-refractivity contribution in [3.63, 3.8) is 0 Å². The maximum absolute atomic E-state index is 12.9. The Bertz CT molecular complexity index is 883. The molecular formula is C15H10ClFN4O3. The van der Waals surface area contributed by atoms with Gasteiger partial charge in [-0.1, -0.05) is 11.6 Å². The first-order valence-electron chi connectivity index (χ1n) is 6.79. The highest BCUT2D eigenvalue weighted by molar-refractivity contribution is 6.32. The lowest BCUT2D eigenvalue weighted by Crippen LogP contribution is -2.00. The van der Waals surface area contributed by atoms with Crippen LogP contribution in [0.15, 0.2) is 46.9 Å². The lowest BCUT2D eigenvalue weighted by atomic mass is 10.2. The van der Waals surface area contributed by atoms with E-state index in [1.165, 1.54) is 36.4 Å². The Kier molecular flexibility index (Phi) is 4.39.